The molecule has 4 aromatic heterocycles. The van der Waals surface area contributed by atoms with Gasteiger partial charge < -0.3 is 0 Å². The third kappa shape index (κ3) is 3.18. The van der Waals surface area contributed by atoms with E-state index >= 15 is 0 Å². The molecular formula is C23H22N6S2Si. The third-order valence-corrected chi connectivity index (χ3v) is 10.2. The van der Waals surface area contributed by atoms with Gasteiger partial charge in [0.25, 0.3) is 0 Å². The summed E-state index contributed by atoms with van der Waals surface area (Å²) >= 11 is 3.65. The molecule has 5 aromatic rings. The molecule has 0 aliphatic heterocycles. The average Bonchev–Trinajstić information content (AvgIpc) is 3.34. The van der Waals surface area contributed by atoms with Crippen LogP contribution < -0.4 is 0 Å². The molecule has 0 saturated heterocycles. The van der Waals surface area contributed by atoms with E-state index in [1.165, 1.54) is 21.6 Å². The number of hydrogen-bond donors (Lipinski definition) is 0. The van der Waals surface area contributed by atoms with Crippen molar-refractivity contribution in [1.82, 2.24) is 29.7 Å². The van der Waals surface area contributed by atoms with E-state index in [0.29, 0.717) is 0 Å². The lowest BCUT2D eigenvalue weighted by atomic mass is 9.89. The number of nitrogens with zero attached hydrogens (tertiary/aromatic N) is 6. The molecule has 0 saturated carbocycles. The molecule has 0 bridgehead atoms. The Labute approximate surface area is 194 Å². The van der Waals surface area contributed by atoms with Crippen molar-refractivity contribution in [2.45, 2.75) is 44.4 Å². The first kappa shape index (κ1) is 20.0. The molecular weight excluding hydrogens is 453 g/mol. The fraction of sp³-hybridized carbons (Fsp3) is 0.261. The predicted octanol–water partition coefficient (Wildman–Crippen LogP) is 5.82. The lowest BCUT2D eigenvalue weighted by molar-refractivity contribution is 0.855. The van der Waals surface area contributed by atoms with Gasteiger partial charge >= 0.3 is 0 Å². The highest BCUT2D eigenvalue weighted by Gasteiger charge is 2.27. The Morgan fingerprint density at radius 1 is 1.06 bits per heavy atom. The summed E-state index contributed by atoms with van der Waals surface area (Å²) in [5, 5.41) is 7.82. The lowest BCUT2D eigenvalue weighted by Crippen LogP contribution is -2.14. The highest BCUT2D eigenvalue weighted by molar-refractivity contribution is 8.28. The van der Waals surface area contributed by atoms with Gasteiger partial charge in [-0.25, -0.2) is 19.9 Å². The summed E-state index contributed by atoms with van der Waals surface area (Å²) in [7, 11) is -1.42. The Bertz CT molecular complexity index is 1510. The number of rotatable bonds is 3. The topological polar surface area (TPSA) is 69.4 Å². The van der Waals surface area contributed by atoms with Gasteiger partial charge in [0, 0.05) is 10.4 Å². The molecule has 0 amide bonds. The quantitative estimate of drug-likeness (QED) is 0.242. The maximum Gasteiger partial charge on any atom is 0.169 e. The van der Waals surface area contributed by atoms with Gasteiger partial charge in [-0.1, -0.05) is 43.9 Å². The van der Waals surface area contributed by atoms with E-state index in [9.17, 15) is 0 Å². The van der Waals surface area contributed by atoms with Crippen molar-refractivity contribution in [3.05, 3.63) is 53.1 Å². The molecule has 0 N–H and O–H groups in total. The molecule has 0 atom stereocenters. The zero-order chi connectivity index (χ0) is 22.0. The monoisotopic (exact) mass is 474 g/mol. The molecule has 9 heteroatoms. The van der Waals surface area contributed by atoms with Crippen LogP contribution >= 0.6 is 22.5 Å². The first-order chi connectivity index (χ1) is 15.4. The van der Waals surface area contributed by atoms with Crippen LogP contribution in [0.5, 0.6) is 0 Å². The second kappa shape index (κ2) is 7.19. The average molecular weight is 475 g/mol. The van der Waals surface area contributed by atoms with Crippen molar-refractivity contribution in [1.29, 1.82) is 0 Å². The Morgan fingerprint density at radius 3 is 2.75 bits per heavy atom. The number of hydrogen-bond acceptors (Lipinski definition) is 7. The van der Waals surface area contributed by atoms with Crippen LogP contribution in [0.1, 0.15) is 16.3 Å². The molecule has 160 valence electrons. The van der Waals surface area contributed by atoms with Crippen molar-refractivity contribution < 1.29 is 0 Å². The Morgan fingerprint density at radius 2 is 1.91 bits per heavy atom. The van der Waals surface area contributed by atoms with E-state index in [-0.39, 0.29) is 0 Å². The maximum absolute atomic E-state index is 4.89. The van der Waals surface area contributed by atoms with Crippen LogP contribution in [-0.4, -0.2) is 36.9 Å². The van der Waals surface area contributed by atoms with E-state index in [1.807, 2.05) is 29.0 Å². The predicted molar refractivity (Wildman–Crippen MR) is 134 cm³/mol. The summed E-state index contributed by atoms with van der Waals surface area (Å²) in [4.78, 5) is 21.3. The van der Waals surface area contributed by atoms with Gasteiger partial charge in [-0.15, -0.1) is 22.5 Å². The largest absolute Gasteiger partial charge is 0.230 e. The van der Waals surface area contributed by atoms with Crippen LogP contribution in [0, 0.1) is 6.92 Å². The standard InChI is InChI=1S/C23H22N6S2Si/c1-13-27-21(29-20-16(11-26-29)22(25-12-24-20)31-32(2,3)4)19-18-15-8-6-5-7-14(15)9-10-17(18)30-23(19)28-13/h5-8,11-12H,9-10H2,1-4H3. The van der Waals surface area contributed by atoms with Crippen LogP contribution in [-0.2, 0) is 12.8 Å². The van der Waals surface area contributed by atoms with E-state index in [4.69, 9.17) is 15.1 Å². The van der Waals surface area contributed by atoms with Crippen molar-refractivity contribution in [2.75, 3.05) is 0 Å². The van der Waals surface area contributed by atoms with Gasteiger partial charge in [-0.2, -0.15) is 9.78 Å². The fourth-order valence-electron chi connectivity index (χ4n) is 4.33. The van der Waals surface area contributed by atoms with Crippen molar-refractivity contribution in [3.8, 4) is 16.9 Å². The summed E-state index contributed by atoms with van der Waals surface area (Å²) in [6.07, 6.45) is 5.62. The fourth-order valence-corrected chi connectivity index (χ4v) is 8.71. The zero-order valence-electron chi connectivity index (χ0n) is 18.4. The van der Waals surface area contributed by atoms with Crippen molar-refractivity contribution in [2.24, 2.45) is 0 Å². The van der Waals surface area contributed by atoms with Gasteiger partial charge in [0.1, 0.15) is 29.2 Å². The van der Waals surface area contributed by atoms with E-state index in [0.717, 1.165) is 50.8 Å². The molecule has 0 fully saturated rings. The number of benzene rings is 1. The maximum atomic E-state index is 4.89. The summed E-state index contributed by atoms with van der Waals surface area (Å²) < 4.78 is 1.88. The van der Waals surface area contributed by atoms with E-state index in [1.54, 1.807) is 17.7 Å². The minimum atomic E-state index is -1.42. The molecule has 32 heavy (non-hydrogen) atoms. The smallest absolute Gasteiger partial charge is 0.169 e. The number of thiophene rings is 1. The number of fused-ring (bicyclic) bond motifs is 6. The molecule has 0 spiro atoms. The van der Waals surface area contributed by atoms with Crippen molar-refractivity contribution >= 4 is 51.0 Å². The molecule has 1 aromatic carbocycles. The van der Waals surface area contributed by atoms with Crippen LogP contribution in [0.25, 0.3) is 38.2 Å². The van der Waals surface area contributed by atoms with Gasteiger partial charge in [0.2, 0.25) is 0 Å². The van der Waals surface area contributed by atoms with Gasteiger partial charge in [-0.3, -0.25) is 0 Å². The van der Waals surface area contributed by atoms with Gasteiger partial charge in [0.15, 0.2) is 11.5 Å². The zero-order valence-corrected chi connectivity index (χ0v) is 21.0. The number of aromatic nitrogens is 6. The van der Waals surface area contributed by atoms with Crippen LogP contribution in [0.3, 0.4) is 0 Å². The van der Waals surface area contributed by atoms with Crippen molar-refractivity contribution in [3.63, 3.8) is 0 Å². The van der Waals surface area contributed by atoms with Crippen LogP contribution in [0.4, 0.5) is 0 Å². The minimum Gasteiger partial charge on any atom is -0.230 e. The Hall–Kier alpha value is -2.62. The second-order valence-corrected chi connectivity index (χ2v) is 19.2. The molecule has 1 aliphatic rings. The van der Waals surface area contributed by atoms with Crippen LogP contribution in [0.15, 0.2) is 41.8 Å². The summed E-state index contributed by atoms with van der Waals surface area (Å²) in [6, 6.07) is 8.68. The van der Waals surface area contributed by atoms with Gasteiger partial charge in [-0.05, 0) is 30.9 Å². The molecule has 1 aliphatic carbocycles. The molecule has 4 heterocycles. The van der Waals surface area contributed by atoms with E-state index in [2.05, 4.69) is 53.9 Å². The number of aryl methyl sites for hydroxylation is 3. The molecule has 0 radical (unpaired) electrons. The first-order valence-electron chi connectivity index (χ1n) is 10.7. The highest BCUT2D eigenvalue weighted by atomic mass is 32.4. The minimum absolute atomic E-state index is 0.744. The molecule has 6 nitrogen and oxygen atoms in total. The Balaban J connectivity index is 1.64. The second-order valence-electron chi connectivity index (χ2n) is 9.02. The summed E-state index contributed by atoms with van der Waals surface area (Å²) in [5.41, 5.74) is 4.72. The third-order valence-electron chi connectivity index (χ3n) is 5.56. The Kier molecular flexibility index (Phi) is 4.50. The summed E-state index contributed by atoms with van der Waals surface area (Å²) in [5.74, 6) is 1.55. The van der Waals surface area contributed by atoms with Crippen LogP contribution in [0.2, 0.25) is 19.6 Å². The lowest BCUT2D eigenvalue weighted by Gasteiger charge is -2.17. The van der Waals surface area contributed by atoms with Gasteiger partial charge in [0.05, 0.1) is 17.0 Å². The molecule has 0 unspecified atom stereocenters. The SMILES string of the molecule is Cc1nc(-n2ncc3c(S[Si](C)(C)C)ncnc32)c2c3c(sc2n1)CCc1ccccc1-3. The highest BCUT2D eigenvalue weighted by Crippen LogP contribution is 2.45. The van der Waals surface area contributed by atoms with E-state index < -0.39 is 7.22 Å². The molecule has 6 rings (SSSR count). The first-order valence-corrected chi connectivity index (χ1v) is 16.5. The summed E-state index contributed by atoms with van der Waals surface area (Å²) in [6.45, 7) is 8.91. The normalized spacial score (nSPS) is 13.5.